The number of nitrogens with zero attached hydrogens (tertiary/aromatic N) is 4. The van der Waals surface area contributed by atoms with Crippen LogP contribution in [0.25, 0.3) is 0 Å². The zero-order valence-corrected chi connectivity index (χ0v) is 35.2. The van der Waals surface area contributed by atoms with Crippen molar-refractivity contribution in [2.75, 3.05) is 46.1 Å². The minimum Gasteiger partial charge on any atom is -0.302 e. The van der Waals surface area contributed by atoms with E-state index in [-0.39, 0.29) is 18.5 Å². The fourth-order valence-electron chi connectivity index (χ4n) is 7.67. The van der Waals surface area contributed by atoms with Gasteiger partial charge in [-0.3, -0.25) is 14.6 Å². The largest absolute Gasteiger partial charge is 0.329 e. The summed E-state index contributed by atoms with van der Waals surface area (Å²) in [5.74, 6) is -0.00374. The molecular weight excluding hydrogens is 629 g/mol. The Labute approximate surface area is 319 Å². The van der Waals surface area contributed by atoms with Crippen LogP contribution in [0.5, 0.6) is 0 Å². The lowest BCUT2D eigenvalue weighted by Gasteiger charge is -2.29. The van der Waals surface area contributed by atoms with E-state index in [0.29, 0.717) is 13.3 Å². The highest BCUT2D eigenvalue weighted by Gasteiger charge is 2.37. The number of hydrogen-bond acceptors (Lipinski definition) is 4. The number of urea groups is 1. The van der Waals surface area contributed by atoms with E-state index in [4.69, 9.17) is 0 Å². The smallest absolute Gasteiger partial charge is 0.302 e. The summed E-state index contributed by atoms with van der Waals surface area (Å²) in [5.41, 5.74) is 0. The number of carbonyl (C=O) groups excluding carboxylic acids is 2. The third-order valence-corrected chi connectivity index (χ3v) is 11.2. The van der Waals surface area contributed by atoms with Gasteiger partial charge in [-0.1, -0.05) is 207 Å². The normalized spacial score (nSPS) is 13.6. The van der Waals surface area contributed by atoms with E-state index < -0.39 is 0 Å². The van der Waals surface area contributed by atoms with Gasteiger partial charge >= 0.3 is 6.03 Å². The van der Waals surface area contributed by atoms with Gasteiger partial charge in [-0.25, -0.2) is 9.69 Å². The minimum atomic E-state index is -0.0614. The molecule has 302 valence electrons. The lowest BCUT2D eigenvalue weighted by atomic mass is 10.1. The Kier molecular flexibility index (Phi) is 33.7. The van der Waals surface area contributed by atoms with Crippen molar-refractivity contribution < 1.29 is 9.59 Å². The van der Waals surface area contributed by atoms with Gasteiger partial charge in [0.05, 0.1) is 13.3 Å². The molecule has 1 heterocycles. The van der Waals surface area contributed by atoms with E-state index >= 15 is 0 Å². The second kappa shape index (κ2) is 35.9. The van der Waals surface area contributed by atoms with Crippen molar-refractivity contribution >= 4 is 11.9 Å². The third kappa shape index (κ3) is 27.2. The van der Waals surface area contributed by atoms with Crippen LogP contribution in [0.1, 0.15) is 233 Å². The number of rotatable bonds is 40. The number of hydrogen-bond donors (Lipinski definition) is 0. The van der Waals surface area contributed by atoms with Crippen molar-refractivity contribution in [1.29, 1.82) is 0 Å². The maximum Gasteiger partial charge on any atom is 0.329 e. The van der Waals surface area contributed by atoms with E-state index in [2.05, 4.69) is 37.5 Å². The van der Waals surface area contributed by atoms with E-state index in [1.165, 1.54) is 193 Å². The van der Waals surface area contributed by atoms with Crippen LogP contribution < -0.4 is 0 Å². The predicted molar refractivity (Wildman–Crippen MR) is 222 cm³/mol. The number of amides is 3. The number of unbranched alkanes of at least 4 members (excludes halogenated alkanes) is 28. The first-order valence-electron chi connectivity index (χ1n) is 23.1. The molecule has 0 unspecified atom stereocenters. The molecule has 1 fully saturated rings. The van der Waals surface area contributed by atoms with Gasteiger partial charge < -0.3 is 4.90 Å². The maximum atomic E-state index is 13.8. The Morgan fingerprint density at radius 2 is 0.627 bits per heavy atom. The molecule has 3 amide bonds. The standard InChI is InChI=1S/C45H90N4O2/c1-5-9-13-17-21-25-29-33-37-46(38-34-30-26-22-18-14-10-6-2)42-48-41-44(50)49(45(48)51)43-47(39-35-31-27-23-19-15-11-7-3)40-36-32-28-24-20-16-12-8-4/h5-43H2,1-4H3. The molecular formula is C45H90N4O2. The quantitative estimate of drug-likeness (QED) is 0.0467. The molecule has 0 atom stereocenters. The van der Waals surface area contributed by atoms with Gasteiger partial charge in [0.25, 0.3) is 5.91 Å². The van der Waals surface area contributed by atoms with Crippen LogP contribution in [0.15, 0.2) is 0 Å². The van der Waals surface area contributed by atoms with Gasteiger partial charge in [0.2, 0.25) is 0 Å². The third-order valence-electron chi connectivity index (χ3n) is 11.2. The number of imide groups is 1. The highest BCUT2D eigenvalue weighted by Crippen LogP contribution is 2.17. The summed E-state index contributed by atoms with van der Waals surface area (Å²) in [4.78, 5) is 35.5. The van der Waals surface area contributed by atoms with Crippen molar-refractivity contribution in [2.24, 2.45) is 0 Å². The fourth-order valence-corrected chi connectivity index (χ4v) is 7.67. The predicted octanol–water partition coefficient (Wildman–Crippen LogP) is 13.3. The van der Waals surface area contributed by atoms with Gasteiger partial charge in [0, 0.05) is 0 Å². The summed E-state index contributed by atoms with van der Waals surface area (Å²) < 4.78 is 0. The first kappa shape index (κ1) is 47.9. The highest BCUT2D eigenvalue weighted by molar-refractivity contribution is 6.01. The maximum absolute atomic E-state index is 13.8. The van der Waals surface area contributed by atoms with E-state index in [9.17, 15) is 9.59 Å². The minimum absolute atomic E-state index is 0.00374. The molecule has 0 aromatic heterocycles. The fraction of sp³-hybridized carbons (Fsp3) is 0.956. The average molecular weight is 719 g/mol. The SMILES string of the molecule is CCCCCCCCCCN(CCCCCCCCCC)CN1CC(=O)N(CN(CCCCCCCCCC)CCCCCCCCCC)C1=O. The molecule has 51 heavy (non-hydrogen) atoms. The first-order valence-corrected chi connectivity index (χ1v) is 23.1. The Balaban J connectivity index is 2.66. The monoisotopic (exact) mass is 719 g/mol. The van der Waals surface area contributed by atoms with Crippen LogP contribution in [0, 0.1) is 0 Å². The summed E-state index contributed by atoms with van der Waals surface area (Å²) in [6, 6.07) is -0.0614. The summed E-state index contributed by atoms with van der Waals surface area (Å²) in [6.07, 6.45) is 41.9. The van der Waals surface area contributed by atoms with Gasteiger partial charge in [-0.15, -0.1) is 0 Å². The first-order chi connectivity index (χ1) is 25.1. The van der Waals surface area contributed by atoms with Crippen LogP contribution in [0.4, 0.5) is 4.79 Å². The van der Waals surface area contributed by atoms with E-state index in [0.717, 1.165) is 39.0 Å². The van der Waals surface area contributed by atoms with Gasteiger partial charge in [0.15, 0.2) is 0 Å². The van der Waals surface area contributed by atoms with Crippen LogP contribution in [-0.2, 0) is 4.79 Å². The van der Waals surface area contributed by atoms with Crippen LogP contribution in [0.3, 0.4) is 0 Å². The molecule has 0 spiro atoms. The molecule has 0 radical (unpaired) electrons. The topological polar surface area (TPSA) is 47.1 Å². The zero-order chi connectivity index (χ0) is 37.0. The molecule has 1 rings (SSSR count). The summed E-state index contributed by atoms with van der Waals surface area (Å²) in [6.45, 7) is 14.5. The van der Waals surface area contributed by atoms with E-state index in [1.54, 1.807) is 4.90 Å². The molecule has 0 N–H and O–H groups in total. The molecule has 0 saturated carbocycles. The lowest BCUT2D eigenvalue weighted by Crippen LogP contribution is -2.45. The van der Waals surface area contributed by atoms with Crippen LogP contribution in [-0.4, -0.2) is 77.6 Å². The summed E-state index contributed by atoms with van der Waals surface area (Å²) in [5, 5.41) is 0. The Bertz CT molecular complexity index is 737. The summed E-state index contributed by atoms with van der Waals surface area (Å²) in [7, 11) is 0. The summed E-state index contributed by atoms with van der Waals surface area (Å²) >= 11 is 0. The van der Waals surface area contributed by atoms with Crippen molar-refractivity contribution in [3.63, 3.8) is 0 Å². The van der Waals surface area contributed by atoms with E-state index in [1.807, 2.05) is 4.90 Å². The molecule has 6 heteroatoms. The molecule has 0 bridgehead atoms. The average Bonchev–Trinajstić information content (AvgIpc) is 3.39. The van der Waals surface area contributed by atoms with Crippen molar-refractivity contribution in [2.45, 2.75) is 233 Å². The molecule has 0 aliphatic carbocycles. The lowest BCUT2D eigenvalue weighted by molar-refractivity contribution is -0.126. The second-order valence-corrected chi connectivity index (χ2v) is 16.2. The van der Waals surface area contributed by atoms with Gasteiger partial charge in [0.1, 0.15) is 6.54 Å². The molecule has 1 aliphatic heterocycles. The Morgan fingerprint density at radius 3 is 0.922 bits per heavy atom. The molecule has 1 aliphatic rings. The molecule has 6 nitrogen and oxygen atoms in total. The Hall–Kier alpha value is -1.14. The highest BCUT2D eigenvalue weighted by atomic mass is 16.2. The van der Waals surface area contributed by atoms with Gasteiger partial charge in [-0.05, 0) is 51.9 Å². The zero-order valence-electron chi connectivity index (χ0n) is 35.2. The van der Waals surface area contributed by atoms with Crippen molar-refractivity contribution in [3.8, 4) is 0 Å². The molecule has 0 aromatic carbocycles. The van der Waals surface area contributed by atoms with Crippen molar-refractivity contribution in [3.05, 3.63) is 0 Å². The molecule has 1 saturated heterocycles. The second-order valence-electron chi connectivity index (χ2n) is 16.2. The van der Waals surface area contributed by atoms with Crippen molar-refractivity contribution in [1.82, 2.24) is 19.6 Å². The van der Waals surface area contributed by atoms with Gasteiger partial charge in [-0.2, -0.15) is 0 Å². The van der Waals surface area contributed by atoms with Crippen LogP contribution >= 0.6 is 0 Å². The Morgan fingerprint density at radius 1 is 0.373 bits per heavy atom. The number of carbonyl (C=O) groups is 2. The molecule has 0 aromatic rings. The van der Waals surface area contributed by atoms with Crippen LogP contribution in [0.2, 0.25) is 0 Å².